The van der Waals surface area contributed by atoms with Crippen molar-refractivity contribution in [1.29, 1.82) is 0 Å². The first-order chi connectivity index (χ1) is 18.4. The van der Waals surface area contributed by atoms with Gasteiger partial charge in [-0.1, -0.05) is 72.3 Å². The molecular weight excluding hydrogens is 496 g/mol. The number of benzene rings is 4. The summed E-state index contributed by atoms with van der Waals surface area (Å²) in [5.74, 6) is -1.62. The highest BCUT2D eigenvalue weighted by atomic mass is 35.5. The molecule has 0 bridgehead atoms. The number of hydrogen-bond acceptors (Lipinski definition) is 4. The number of carbonyl (C=O) groups is 3. The second-order valence-electron chi connectivity index (χ2n) is 10.2. The third kappa shape index (κ3) is 2.91. The molecule has 0 saturated carbocycles. The molecule has 5 nitrogen and oxygen atoms in total. The van der Waals surface area contributed by atoms with Crippen molar-refractivity contribution in [2.75, 3.05) is 10.2 Å². The van der Waals surface area contributed by atoms with Gasteiger partial charge in [0.2, 0.25) is 5.91 Å². The monoisotopic (exact) mass is 518 g/mol. The maximum absolute atomic E-state index is 14.4. The molecule has 0 unspecified atom stereocenters. The Morgan fingerprint density at radius 3 is 2.45 bits per heavy atom. The molecule has 4 atom stereocenters. The van der Waals surface area contributed by atoms with Crippen LogP contribution in [0.2, 0.25) is 5.02 Å². The van der Waals surface area contributed by atoms with E-state index < -0.39 is 23.4 Å². The molecular formula is C32H23ClN2O3. The lowest BCUT2D eigenvalue weighted by atomic mass is 9.64. The predicted molar refractivity (Wildman–Crippen MR) is 150 cm³/mol. The Morgan fingerprint density at radius 2 is 1.66 bits per heavy atom. The Kier molecular flexibility index (Phi) is 4.91. The van der Waals surface area contributed by atoms with Crippen LogP contribution in [0.15, 0.2) is 91.0 Å². The number of Topliss-reactive ketones (excluding diaryl/α,β-unsaturated/α-hetero) is 2. The van der Waals surface area contributed by atoms with Gasteiger partial charge in [-0.15, -0.1) is 0 Å². The van der Waals surface area contributed by atoms with E-state index in [1.54, 1.807) is 24.3 Å². The van der Waals surface area contributed by atoms with E-state index in [9.17, 15) is 14.4 Å². The number of rotatable bonds is 3. The normalized spacial score (nSPS) is 24.7. The van der Waals surface area contributed by atoms with E-state index in [1.807, 2.05) is 65.6 Å². The summed E-state index contributed by atoms with van der Waals surface area (Å²) in [7, 11) is 0. The lowest BCUT2D eigenvalue weighted by Crippen LogP contribution is -2.51. The number of fused-ring (bicyclic) bond motifs is 8. The molecule has 1 spiro atoms. The Balaban J connectivity index is 1.53. The number of nitrogens with one attached hydrogen (secondary N) is 1. The van der Waals surface area contributed by atoms with Crippen LogP contribution in [-0.2, 0) is 15.0 Å². The highest BCUT2D eigenvalue weighted by Crippen LogP contribution is 2.58. The lowest BCUT2D eigenvalue weighted by molar-refractivity contribution is -0.122. The first-order valence-corrected chi connectivity index (χ1v) is 13.0. The van der Waals surface area contributed by atoms with Crippen molar-refractivity contribution in [2.24, 2.45) is 5.92 Å². The average Bonchev–Trinajstić information content (AvgIpc) is 3.41. The van der Waals surface area contributed by atoms with Crippen molar-refractivity contribution in [3.8, 4) is 0 Å². The quantitative estimate of drug-likeness (QED) is 0.335. The molecule has 38 heavy (non-hydrogen) atoms. The molecule has 3 aliphatic rings. The van der Waals surface area contributed by atoms with Crippen LogP contribution in [0.25, 0.3) is 16.8 Å². The van der Waals surface area contributed by atoms with E-state index in [0.29, 0.717) is 16.3 Å². The minimum atomic E-state index is -1.29. The second-order valence-corrected chi connectivity index (χ2v) is 10.6. The van der Waals surface area contributed by atoms with Crippen molar-refractivity contribution < 1.29 is 14.4 Å². The summed E-state index contributed by atoms with van der Waals surface area (Å²) in [5.41, 5.74) is 2.37. The predicted octanol–water partition coefficient (Wildman–Crippen LogP) is 6.06. The topological polar surface area (TPSA) is 66.5 Å². The molecule has 4 aromatic carbocycles. The van der Waals surface area contributed by atoms with Gasteiger partial charge in [-0.05, 0) is 59.7 Å². The SMILES string of the molecule is CC(=O)[C@H]1[C@@H](C(=O)c2ccc(Cl)cc2)[C@]2(C(=O)Nc3ccccc32)[C@H]2C=Cc3c(ccc4ccccc34)N12. The fraction of sp³-hybridized carbons (Fsp3) is 0.156. The molecule has 7 rings (SSSR count). The molecule has 3 heterocycles. The zero-order valence-electron chi connectivity index (χ0n) is 20.5. The highest BCUT2D eigenvalue weighted by Gasteiger charge is 2.69. The van der Waals surface area contributed by atoms with Crippen LogP contribution in [0.5, 0.6) is 0 Å². The second kappa shape index (κ2) is 8.14. The van der Waals surface area contributed by atoms with Gasteiger partial charge in [0.1, 0.15) is 5.41 Å². The Hall–Kier alpha value is -4.22. The van der Waals surface area contributed by atoms with E-state index in [2.05, 4.69) is 17.4 Å². The van der Waals surface area contributed by atoms with Crippen LogP contribution in [-0.4, -0.2) is 29.6 Å². The maximum atomic E-state index is 14.4. The zero-order chi connectivity index (χ0) is 26.2. The lowest BCUT2D eigenvalue weighted by Gasteiger charge is -2.38. The standard InChI is InChI=1S/C32H23ClN2O3/c1-18(36)29-28(30(37)20-10-13-21(33)14-11-20)32(24-8-4-5-9-25(24)34-31(32)38)27-17-15-23-22-7-3-2-6-19(22)12-16-26(23)35(27)29/h2-17,27-29H,1H3,(H,34,38)/t27-,28+,29+,32-/m1/s1. The van der Waals surface area contributed by atoms with Gasteiger partial charge in [0, 0.05) is 27.5 Å². The number of amides is 1. The molecule has 1 saturated heterocycles. The van der Waals surface area contributed by atoms with Crippen LogP contribution in [0.4, 0.5) is 11.4 Å². The van der Waals surface area contributed by atoms with Gasteiger partial charge in [0.05, 0.1) is 18.0 Å². The van der Waals surface area contributed by atoms with Gasteiger partial charge in [0.15, 0.2) is 11.6 Å². The third-order valence-electron chi connectivity index (χ3n) is 8.37. The van der Waals surface area contributed by atoms with Gasteiger partial charge in [0.25, 0.3) is 0 Å². The van der Waals surface area contributed by atoms with Gasteiger partial charge in [-0.25, -0.2) is 0 Å². The van der Waals surface area contributed by atoms with E-state index in [0.717, 1.165) is 27.6 Å². The Morgan fingerprint density at radius 1 is 0.921 bits per heavy atom. The Bertz CT molecular complexity index is 1710. The number of halogens is 1. The third-order valence-corrected chi connectivity index (χ3v) is 8.62. The van der Waals surface area contributed by atoms with Crippen LogP contribution in [0, 0.1) is 5.92 Å². The highest BCUT2D eigenvalue weighted by molar-refractivity contribution is 6.30. The molecule has 0 radical (unpaired) electrons. The molecule has 1 fully saturated rings. The summed E-state index contributed by atoms with van der Waals surface area (Å²) in [6.45, 7) is 1.51. The summed E-state index contributed by atoms with van der Waals surface area (Å²) < 4.78 is 0. The van der Waals surface area contributed by atoms with E-state index in [4.69, 9.17) is 11.6 Å². The summed E-state index contributed by atoms with van der Waals surface area (Å²) in [6.07, 6.45) is 4.04. The Labute approximate surface area is 224 Å². The van der Waals surface area contributed by atoms with Crippen LogP contribution >= 0.6 is 11.6 Å². The molecule has 3 aliphatic heterocycles. The first kappa shape index (κ1) is 22.9. The van der Waals surface area contributed by atoms with Crippen molar-refractivity contribution in [3.63, 3.8) is 0 Å². The summed E-state index contributed by atoms with van der Waals surface area (Å²) in [6, 6.07) is 24.9. The maximum Gasteiger partial charge on any atom is 0.238 e. The largest absolute Gasteiger partial charge is 0.352 e. The number of carbonyl (C=O) groups excluding carboxylic acids is 3. The molecule has 1 N–H and O–H groups in total. The molecule has 6 heteroatoms. The smallest absolute Gasteiger partial charge is 0.238 e. The minimum Gasteiger partial charge on any atom is -0.352 e. The van der Waals surface area contributed by atoms with Gasteiger partial charge in [-0.3, -0.25) is 14.4 Å². The number of ketones is 2. The number of hydrogen-bond donors (Lipinski definition) is 1. The first-order valence-electron chi connectivity index (χ1n) is 12.6. The fourth-order valence-electron chi connectivity index (χ4n) is 6.88. The minimum absolute atomic E-state index is 0.161. The van der Waals surface area contributed by atoms with Crippen molar-refractivity contribution in [1.82, 2.24) is 0 Å². The molecule has 4 aromatic rings. The molecule has 0 aromatic heterocycles. The summed E-state index contributed by atoms with van der Waals surface area (Å²) in [5, 5.41) is 5.69. The van der Waals surface area contributed by atoms with Gasteiger partial charge in [-0.2, -0.15) is 0 Å². The number of anilines is 2. The summed E-state index contributed by atoms with van der Waals surface area (Å²) in [4.78, 5) is 44.2. The number of nitrogens with zero attached hydrogens (tertiary/aromatic N) is 1. The van der Waals surface area contributed by atoms with Gasteiger partial charge < -0.3 is 10.2 Å². The van der Waals surface area contributed by atoms with Crippen molar-refractivity contribution in [3.05, 3.63) is 113 Å². The molecule has 186 valence electrons. The summed E-state index contributed by atoms with van der Waals surface area (Å²) >= 11 is 6.12. The van der Waals surface area contributed by atoms with E-state index in [-0.39, 0.29) is 17.5 Å². The van der Waals surface area contributed by atoms with Crippen LogP contribution in [0.1, 0.15) is 28.4 Å². The van der Waals surface area contributed by atoms with E-state index >= 15 is 0 Å². The molecule has 1 amide bonds. The zero-order valence-corrected chi connectivity index (χ0v) is 21.3. The van der Waals surface area contributed by atoms with Crippen molar-refractivity contribution >= 4 is 57.3 Å². The van der Waals surface area contributed by atoms with Crippen LogP contribution in [0.3, 0.4) is 0 Å². The van der Waals surface area contributed by atoms with E-state index in [1.165, 1.54) is 6.92 Å². The van der Waals surface area contributed by atoms with Crippen molar-refractivity contribution in [2.45, 2.75) is 24.4 Å². The number of para-hydroxylation sites is 1. The van der Waals surface area contributed by atoms with Gasteiger partial charge >= 0.3 is 0 Å². The van der Waals surface area contributed by atoms with Crippen LogP contribution < -0.4 is 10.2 Å². The molecule has 0 aliphatic carbocycles. The average molecular weight is 519 g/mol. The fourth-order valence-corrected chi connectivity index (χ4v) is 7.01.